The van der Waals surface area contributed by atoms with Crippen molar-refractivity contribution in [3.05, 3.63) is 29.3 Å². The van der Waals surface area contributed by atoms with Gasteiger partial charge in [0, 0.05) is 25.6 Å². The van der Waals surface area contributed by atoms with Crippen molar-refractivity contribution in [1.82, 2.24) is 15.6 Å². The number of thiazole rings is 1. The van der Waals surface area contributed by atoms with Gasteiger partial charge < -0.3 is 10.6 Å². The summed E-state index contributed by atoms with van der Waals surface area (Å²) in [7, 11) is 0. The third-order valence-corrected chi connectivity index (χ3v) is 4.59. The van der Waals surface area contributed by atoms with Crippen molar-refractivity contribution < 1.29 is 0 Å². The van der Waals surface area contributed by atoms with Crippen LogP contribution in [0.2, 0.25) is 0 Å². The first-order valence-electron chi connectivity index (χ1n) is 8.12. The molecule has 2 N–H and O–H groups in total. The molecule has 120 valence electrons. The summed E-state index contributed by atoms with van der Waals surface area (Å²) in [5.74, 6) is 0.918. The molecule has 2 aromatic rings. The van der Waals surface area contributed by atoms with Crippen LogP contribution in [0, 0.1) is 0 Å². The van der Waals surface area contributed by atoms with Gasteiger partial charge in [-0.1, -0.05) is 19.1 Å². The highest BCUT2D eigenvalue weighted by molar-refractivity contribution is 7.18. The molecule has 1 aromatic carbocycles. The minimum atomic E-state index is 0.446. The lowest BCUT2D eigenvalue weighted by Gasteiger charge is -2.16. The van der Waals surface area contributed by atoms with E-state index in [0.29, 0.717) is 6.04 Å². The highest BCUT2D eigenvalue weighted by Crippen LogP contribution is 2.22. The van der Waals surface area contributed by atoms with Crippen LogP contribution < -0.4 is 10.6 Å². The van der Waals surface area contributed by atoms with Gasteiger partial charge in [0.15, 0.2) is 5.96 Å². The second kappa shape index (κ2) is 8.73. The molecule has 0 saturated carbocycles. The van der Waals surface area contributed by atoms with E-state index in [1.54, 1.807) is 11.3 Å². The molecule has 4 nitrogen and oxygen atoms in total. The average Bonchev–Trinajstić information content (AvgIpc) is 2.94. The summed E-state index contributed by atoms with van der Waals surface area (Å²) in [5, 5.41) is 7.91. The zero-order valence-corrected chi connectivity index (χ0v) is 14.5. The fourth-order valence-corrected chi connectivity index (χ4v) is 3.11. The molecule has 1 heterocycles. The lowest BCUT2D eigenvalue weighted by Crippen LogP contribution is -2.42. The predicted molar refractivity (Wildman–Crippen MR) is 96.8 cm³/mol. The molecule has 22 heavy (non-hydrogen) atoms. The molecule has 0 spiro atoms. The van der Waals surface area contributed by atoms with Gasteiger partial charge in [0.25, 0.3) is 0 Å². The molecular formula is C17H26N4S. The minimum absolute atomic E-state index is 0.446. The molecule has 0 aliphatic carbocycles. The zero-order valence-electron chi connectivity index (χ0n) is 13.7. The number of hydrogen-bond donors (Lipinski definition) is 2. The first-order valence-corrected chi connectivity index (χ1v) is 8.93. The average molecular weight is 318 g/mol. The standard InChI is InChI=1S/C17H26N4S/c1-4-13(3)20-17(18-5-2)19-12-8-11-16-21-14-9-6-7-10-15(14)22-16/h6-7,9-10,13H,4-5,8,11-12H2,1-3H3,(H2,18,19,20). The molecule has 0 radical (unpaired) electrons. The van der Waals surface area contributed by atoms with Gasteiger partial charge in [0.1, 0.15) is 0 Å². The largest absolute Gasteiger partial charge is 0.357 e. The Balaban J connectivity index is 1.84. The number of guanidine groups is 1. The second-order valence-electron chi connectivity index (χ2n) is 5.39. The van der Waals surface area contributed by atoms with Crippen molar-refractivity contribution >= 4 is 27.5 Å². The molecule has 0 aliphatic heterocycles. The molecule has 0 amide bonds. The van der Waals surface area contributed by atoms with E-state index < -0.39 is 0 Å². The van der Waals surface area contributed by atoms with Crippen LogP contribution in [0.1, 0.15) is 38.6 Å². The van der Waals surface area contributed by atoms with Crippen molar-refractivity contribution in [2.75, 3.05) is 13.1 Å². The van der Waals surface area contributed by atoms with E-state index in [9.17, 15) is 0 Å². The number of benzene rings is 1. The van der Waals surface area contributed by atoms with Crippen LogP contribution in [0.3, 0.4) is 0 Å². The number of nitrogens with zero attached hydrogens (tertiary/aromatic N) is 2. The monoisotopic (exact) mass is 318 g/mol. The van der Waals surface area contributed by atoms with Gasteiger partial charge >= 0.3 is 0 Å². The topological polar surface area (TPSA) is 49.3 Å². The lowest BCUT2D eigenvalue weighted by atomic mass is 10.3. The van der Waals surface area contributed by atoms with Crippen molar-refractivity contribution in [3.63, 3.8) is 0 Å². The van der Waals surface area contributed by atoms with E-state index in [2.05, 4.69) is 59.6 Å². The number of aryl methyl sites for hydroxylation is 1. The Kier molecular flexibility index (Phi) is 6.65. The van der Waals surface area contributed by atoms with E-state index in [1.165, 1.54) is 9.71 Å². The summed E-state index contributed by atoms with van der Waals surface area (Å²) in [5.41, 5.74) is 1.11. The van der Waals surface area contributed by atoms with Crippen molar-refractivity contribution in [1.29, 1.82) is 0 Å². The van der Waals surface area contributed by atoms with Crippen LogP contribution in [0.5, 0.6) is 0 Å². The molecule has 1 unspecified atom stereocenters. The van der Waals surface area contributed by atoms with E-state index in [1.807, 2.05) is 6.07 Å². The van der Waals surface area contributed by atoms with Crippen LogP contribution in [0.15, 0.2) is 29.3 Å². The molecule has 1 atom stereocenters. The Hall–Kier alpha value is -1.62. The Morgan fingerprint density at radius 1 is 1.32 bits per heavy atom. The number of aromatic nitrogens is 1. The zero-order chi connectivity index (χ0) is 15.8. The van der Waals surface area contributed by atoms with Gasteiger partial charge in [-0.15, -0.1) is 11.3 Å². The van der Waals surface area contributed by atoms with Crippen LogP contribution in [-0.4, -0.2) is 30.1 Å². The van der Waals surface area contributed by atoms with Crippen LogP contribution in [-0.2, 0) is 6.42 Å². The van der Waals surface area contributed by atoms with E-state index in [-0.39, 0.29) is 0 Å². The van der Waals surface area contributed by atoms with Crippen molar-refractivity contribution in [2.45, 2.75) is 46.1 Å². The maximum absolute atomic E-state index is 4.67. The normalized spacial score (nSPS) is 13.3. The third-order valence-electron chi connectivity index (χ3n) is 3.50. The van der Waals surface area contributed by atoms with Gasteiger partial charge in [-0.3, -0.25) is 4.99 Å². The summed E-state index contributed by atoms with van der Waals surface area (Å²) in [6.45, 7) is 8.15. The van der Waals surface area contributed by atoms with Crippen LogP contribution in [0.25, 0.3) is 10.2 Å². The Labute approximate surface area is 137 Å². The highest BCUT2D eigenvalue weighted by Gasteiger charge is 2.04. The summed E-state index contributed by atoms with van der Waals surface area (Å²) < 4.78 is 1.27. The number of hydrogen-bond acceptors (Lipinski definition) is 3. The van der Waals surface area contributed by atoms with Crippen molar-refractivity contribution in [2.24, 2.45) is 4.99 Å². The van der Waals surface area contributed by atoms with Crippen LogP contribution in [0.4, 0.5) is 0 Å². The van der Waals surface area contributed by atoms with E-state index in [4.69, 9.17) is 0 Å². The highest BCUT2D eigenvalue weighted by atomic mass is 32.1. The van der Waals surface area contributed by atoms with Gasteiger partial charge in [0.2, 0.25) is 0 Å². The van der Waals surface area contributed by atoms with Crippen molar-refractivity contribution in [3.8, 4) is 0 Å². The molecule has 0 aliphatic rings. The SMILES string of the molecule is CCNC(=NCCCc1nc2ccccc2s1)NC(C)CC. The quantitative estimate of drug-likeness (QED) is 0.466. The molecule has 2 rings (SSSR count). The van der Waals surface area contributed by atoms with Gasteiger partial charge in [0.05, 0.1) is 15.2 Å². The maximum atomic E-state index is 4.67. The lowest BCUT2D eigenvalue weighted by molar-refractivity contribution is 0.623. The molecule has 0 fully saturated rings. The molecular weight excluding hydrogens is 292 g/mol. The molecule has 0 bridgehead atoms. The first-order chi connectivity index (χ1) is 10.7. The fraction of sp³-hybridized carbons (Fsp3) is 0.529. The summed E-state index contributed by atoms with van der Waals surface area (Å²) in [6, 6.07) is 8.76. The number of nitrogens with one attached hydrogen (secondary N) is 2. The predicted octanol–water partition coefficient (Wildman–Crippen LogP) is 3.58. The maximum Gasteiger partial charge on any atom is 0.191 e. The summed E-state index contributed by atoms with van der Waals surface area (Å²) in [6.07, 6.45) is 3.11. The second-order valence-corrected chi connectivity index (χ2v) is 6.51. The fourth-order valence-electron chi connectivity index (χ4n) is 2.10. The van der Waals surface area contributed by atoms with Crippen LogP contribution >= 0.6 is 11.3 Å². The molecule has 0 saturated heterocycles. The Bertz CT molecular complexity index is 572. The molecule has 5 heteroatoms. The van der Waals surface area contributed by atoms with Gasteiger partial charge in [-0.25, -0.2) is 4.98 Å². The summed E-state index contributed by atoms with van der Waals surface area (Å²) >= 11 is 1.79. The Morgan fingerprint density at radius 3 is 2.86 bits per heavy atom. The number of aliphatic imine (C=N–C) groups is 1. The number of para-hydroxylation sites is 1. The van der Waals surface area contributed by atoms with E-state index in [0.717, 1.165) is 43.8 Å². The Morgan fingerprint density at radius 2 is 2.14 bits per heavy atom. The van der Waals surface area contributed by atoms with E-state index >= 15 is 0 Å². The minimum Gasteiger partial charge on any atom is -0.357 e. The first kappa shape index (κ1) is 16.7. The molecule has 1 aromatic heterocycles. The number of rotatable bonds is 7. The number of fused-ring (bicyclic) bond motifs is 1. The third kappa shape index (κ3) is 4.98. The summed E-state index contributed by atoms with van der Waals surface area (Å²) in [4.78, 5) is 9.31. The van der Waals surface area contributed by atoms with Gasteiger partial charge in [-0.2, -0.15) is 0 Å². The van der Waals surface area contributed by atoms with Gasteiger partial charge in [-0.05, 0) is 38.8 Å². The smallest absolute Gasteiger partial charge is 0.191 e.